The highest BCUT2D eigenvalue weighted by atomic mass is 35.5. The second-order valence-corrected chi connectivity index (χ2v) is 7.69. The van der Waals surface area contributed by atoms with Crippen LogP contribution in [0.5, 0.6) is 0 Å². The van der Waals surface area contributed by atoms with Crippen LogP contribution in [0.2, 0.25) is 10.0 Å². The Bertz CT molecular complexity index is 920. The summed E-state index contributed by atoms with van der Waals surface area (Å²) in [7, 11) is 0. The van der Waals surface area contributed by atoms with Gasteiger partial charge in [-0.25, -0.2) is 0 Å². The van der Waals surface area contributed by atoms with Crippen LogP contribution in [0.4, 0.5) is 0 Å². The first-order valence-electron chi connectivity index (χ1n) is 8.35. The van der Waals surface area contributed by atoms with Gasteiger partial charge in [-0.15, -0.1) is 0 Å². The third-order valence-corrected chi connectivity index (χ3v) is 5.78. The maximum Gasteiger partial charge on any atom is 0.169 e. The Hall–Kier alpha value is -1.84. The predicted octanol–water partition coefficient (Wildman–Crippen LogP) is 5.63. The number of carbonyl (C=O) groups is 1. The van der Waals surface area contributed by atoms with E-state index in [0.29, 0.717) is 21.3 Å². The van der Waals surface area contributed by atoms with Crippen LogP contribution in [0, 0.1) is 18.8 Å². The molecule has 25 heavy (non-hydrogen) atoms. The molecule has 128 valence electrons. The number of pyridine rings is 1. The number of hydrogen-bond donors (Lipinski definition) is 1. The van der Waals surface area contributed by atoms with Gasteiger partial charge in [0.2, 0.25) is 0 Å². The van der Waals surface area contributed by atoms with Gasteiger partial charge in [-0.2, -0.15) is 0 Å². The summed E-state index contributed by atoms with van der Waals surface area (Å²) in [6, 6.07) is 7.39. The highest BCUT2D eigenvalue weighted by molar-refractivity contribution is 6.36. The summed E-state index contributed by atoms with van der Waals surface area (Å²) in [6.45, 7) is 1.94. The highest BCUT2D eigenvalue weighted by Gasteiger charge is 2.41. The minimum Gasteiger partial charge on any atom is -0.511 e. The van der Waals surface area contributed by atoms with E-state index in [2.05, 4.69) is 4.98 Å². The number of ketones is 1. The van der Waals surface area contributed by atoms with Crippen LogP contribution in [0.15, 0.2) is 36.2 Å². The Labute approximate surface area is 156 Å². The SMILES string of the molecule is Cc1ccc(-c2ncc(Cl)cc2Cl)cc1C1=C(O)C2CCC(C2)C1=O. The zero-order valence-corrected chi connectivity index (χ0v) is 15.2. The smallest absolute Gasteiger partial charge is 0.169 e. The largest absolute Gasteiger partial charge is 0.511 e. The number of aliphatic hydroxyl groups excluding tert-OH is 1. The quantitative estimate of drug-likeness (QED) is 0.741. The van der Waals surface area contributed by atoms with Gasteiger partial charge >= 0.3 is 0 Å². The van der Waals surface area contributed by atoms with Crippen molar-refractivity contribution >= 4 is 34.6 Å². The van der Waals surface area contributed by atoms with Crippen molar-refractivity contribution in [3.63, 3.8) is 0 Å². The molecular weight excluding hydrogens is 357 g/mol. The first kappa shape index (κ1) is 16.6. The molecule has 0 aliphatic heterocycles. The lowest BCUT2D eigenvalue weighted by molar-refractivity contribution is -0.117. The first-order chi connectivity index (χ1) is 12.0. The Morgan fingerprint density at radius 1 is 1.16 bits per heavy atom. The van der Waals surface area contributed by atoms with Crippen molar-refractivity contribution in [2.24, 2.45) is 11.8 Å². The van der Waals surface area contributed by atoms with Gasteiger partial charge in [0, 0.05) is 23.6 Å². The maximum absolute atomic E-state index is 12.8. The average molecular weight is 374 g/mol. The predicted molar refractivity (Wildman–Crippen MR) is 99.8 cm³/mol. The van der Waals surface area contributed by atoms with Crippen LogP contribution in [0.1, 0.15) is 30.4 Å². The topological polar surface area (TPSA) is 50.2 Å². The normalized spacial score (nSPS) is 22.6. The van der Waals surface area contributed by atoms with Crippen LogP contribution in [-0.4, -0.2) is 15.9 Å². The second-order valence-electron chi connectivity index (χ2n) is 6.85. The standard InChI is InChI=1S/C20H17Cl2NO2/c1-10-2-3-11(18-16(22)8-14(21)9-23-18)7-15(10)17-19(24)12-4-5-13(6-12)20(17)25/h2-3,7-9,12-13,24H,4-6H2,1H3. The lowest BCUT2D eigenvalue weighted by Crippen LogP contribution is -2.21. The number of aryl methyl sites for hydroxylation is 1. The molecule has 2 aliphatic carbocycles. The molecule has 2 unspecified atom stereocenters. The minimum atomic E-state index is 0.0381. The van der Waals surface area contributed by atoms with E-state index in [9.17, 15) is 9.90 Å². The van der Waals surface area contributed by atoms with E-state index in [1.807, 2.05) is 25.1 Å². The number of aliphatic hydroxyl groups is 1. The molecule has 3 nitrogen and oxygen atoms in total. The number of aromatic nitrogens is 1. The third kappa shape index (κ3) is 2.76. The Balaban J connectivity index is 1.86. The maximum atomic E-state index is 12.8. The number of Topliss-reactive ketones (excluding diaryl/α,β-unsaturated/α-hetero) is 1. The summed E-state index contributed by atoms with van der Waals surface area (Å²) >= 11 is 12.2. The zero-order valence-electron chi connectivity index (χ0n) is 13.7. The van der Waals surface area contributed by atoms with Crippen molar-refractivity contribution in [1.29, 1.82) is 0 Å². The van der Waals surface area contributed by atoms with Crippen LogP contribution in [-0.2, 0) is 4.79 Å². The molecule has 5 heteroatoms. The van der Waals surface area contributed by atoms with E-state index in [0.717, 1.165) is 36.0 Å². The molecule has 1 aromatic carbocycles. The monoisotopic (exact) mass is 373 g/mol. The van der Waals surface area contributed by atoms with Gasteiger partial charge in [0.15, 0.2) is 5.78 Å². The molecule has 2 aliphatic rings. The fraction of sp³-hybridized carbons (Fsp3) is 0.300. The van der Waals surface area contributed by atoms with Crippen molar-refractivity contribution in [2.45, 2.75) is 26.2 Å². The summed E-state index contributed by atoms with van der Waals surface area (Å²) in [4.78, 5) is 17.1. The number of fused-ring (bicyclic) bond motifs is 2. The number of rotatable bonds is 2. The van der Waals surface area contributed by atoms with Gasteiger partial charge < -0.3 is 5.11 Å². The molecule has 1 N–H and O–H groups in total. The summed E-state index contributed by atoms with van der Waals surface area (Å²) in [6.07, 6.45) is 4.07. The zero-order chi connectivity index (χ0) is 17.7. The average Bonchev–Trinajstić information content (AvgIpc) is 3.02. The fourth-order valence-corrected chi connectivity index (χ4v) is 4.43. The van der Waals surface area contributed by atoms with Crippen molar-refractivity contribution in [2.75, 3.05) is 0 Å². The Kier molecular flexibility index (Phi) is 4.09. The second kappa shape index (κ2) is 6.15. The van der Waals surface area contributed by atoms with E-state index in [-0.39, 0.29) is 23.4 Å². The molecule has 2 aromatic rings. The molecular formula is C20H17Cl2NO2. The minimum absolute atomic E-state index is 0.0381. The molecule has 0 amide bonds. The fourth-order valence-electron chi connectivity index (χ4n) is 3.94. The molecule has 4 rings (SSSR count). The summed E-state index contributed by atoms with van der Waals surface area (Å²) in [5.41, 5.74) is 3.60. The van der Waals surface area contributed by atoms with Crippen LogP contribution >= 0.6 is 23.2 Å². The molecule has 1 heterocycles. The lowest BCUT2D eigenvalue weighted by Gasteiger charge is -2.23. The van der Waals surface area contributed by atoms with E-state index >= 15 is 0 Å². The van der Waals surface area contributed by atoms with Crippen molar-refractivity contribution in [1.82, 2.24) is 4.98 Å². The van der Waals surface area contributed by atoms with Crippen molar-refractivity contribution < 1.29 is 9.90 Å². The molecule has 1 saturated carbocycles. The van der Waals surface area contributed by atoms with Crippen molar-refractivity contribution in [3.05, 3.63) is 57.4 Å². The van der Waals surface area contributed by atoms with Gasteiger partial charge in [0.05, 0.1) is 21.3 Å². The van der Waals surface area contributed by atoms with E-state index < -0.39 is 0 Å². The Morgan fingerprint density at radius 2 is 1.92 bits per heavy atom. The molecule has 0 saturated heterocycles. The summed E-state index contributed by atoms with van der Waals surface area (Å²) in [5.74, 6) is 0.449. The Morgan fingerprint density at radius 3 is 2.68 bits per heavy atom. The lowest BCUT2D eigenvalue weighted by atomic mass is 9.81. The van der Waals surface area contributed by atoms with E-state index in [1.54, 1.807) is 12.3 Å². The molecule has 1 aromatic heterocycles. The molecule has 2 atom stereocenters. The molecule has 0 spiro atoms. The van der Waals surface area contributed by atoms with Crippen LogP contribution in [0.3, 0.4) is 0 Å². The number of benzene rings is 1. The van der Waals surface area contributed by atoms with E-state index in [4.69, 9.17) is 23.2 Å². The third-order valence-electron chi connectivity index (χ3n) is 5.28. The van der Waals surface area contributed by atoms with Crippen LogP contribution in [0.25, 0.3) is 16.8 Å². The van der Waals surface area contributed by atoms with Gasteiger partial charge in [-0.3, -0.25) is 9.78 Å². The number of hydrogen-bond acceptors (Lipinski definition) is 3. The number of allylic oxidation sites excluding steroid dienone is 2. The van der Waals surface area contributed by atoms with Crippen LogP contribution < -0.4 is 0 Å². The molecule has 1 fully saturated rings. The van der Waals surface area contributed by atoms with E-state index in [1.165, 1.54) is 0 Å². The summed E-state index contributed by atoms with van der Waals surface area (Å²) in [5, 5.41) is 11.6. The number of halogens is 2. The number of nitrogens with zero attached hydrogens (tertiary/aromatic N) is 1. The van der Waals surface area contributed by atoms with Gasteiger partial charge in [-0.1, -0.05) is 35.3 Å². The van der Waals surface area contributed by atoms with Crippen molar-refractivity contribution in [3.8, 4) is 11.3 Å². The van der Waals surface area contributed by atoms with Gasteiger partial charge in [-0.05, 0) is 49.4 Å². The van der Waals surface area contributed by atoms with Gasteiger partial charge in [0.1, 0.15) is 5.76 Å². The molecule has 0 radical (unpaired) electrons. The summed E-state index contributed by atoms with van der Waals surface area (Å²) < 4.78 is 0. The number of carbonyl (C=O) groups excluding carboxylic acids is 1. The highest BCUT2D eigenvalue weighted by Crippen LogP contribution is 2.46. The molecule has 2 bridgehead atoms. The first-order valence-corrected chi connectivity index (χ1v) is 9.11. The van der Waals surface area contributed by atoms with Gasteiger partial charge in [0.25, 0.3) is 0 Å².